The quantitative estimate of drug-likeness (QED) is 0.805. The van der Waals surface area contributed by atoms with Gasteiger partial charge in [-0.15, -0.1) is 0 Å². The maximum Gasteiger partial charge on any atom is 0.227 e. The number of nitrogens with zero attached hydrogens (tertiary/aromatic N) is 1. The van der Waals surface area contributed by atoms with E-state index in [1.165, 1.54) is 0 Å². The van der Waals surface area contributed by atoms with E-state index < -0.39 is 6.10 Å². The number of amides is 1. The van der Waals surface area contributed by atoms with Gasteiger partial charge in [0.2, 0.25) is 5.91 Å². The molecule has 0 fully saturated rings. The largest absolute Gasteiger partial charge is 0.388 e. The van der Waals surface area contributed by atoms with Crippen LogP contribution < -0.4 is 5.32 Å². The number of benzene rings is 1. The SMILES string of the molecule is Cc1n[nH]c(C)c1NC(=O)CC(O)c1cc(Cl)cc(Cl)c1. The number of hydrogen-bond acceptors (Lipinski definition) is 3. The molecule has 7 heteroatoms. The summed E-state index contributed by atoms with van der Waals surface area (Å²) in [6.07, 6.45) is -1.07. The van der Waals surface area contributed by atoms with E-state index in [4.69, 9.17) is 23.2 Å². The number of carbonyl (C=O) groups is 1. The van der Waals surface area contributed by atoms with Gasteiger partial charge in [-0.2, -0.15) is 5.10 Å². The van der Waals surface area contributed by atoms with Gasteiger partial charge in [0, 0.05) is 10.0 Å². The highest BCUT2D eigenvalue weighted by atomic mass is 35.5. The van der Waals surface area contributed by atoms with Crippen LogP contribution in [0, 0.1) is 13.8 Å². The molecule has 2 aromatic rings. The Morgan fingerprint density at radius 1 is 1.33 bits per heavy atom. The highest BCUT2D eigenvalue weighted by Gasteiger charge is 2.16. The number of hydrogen-bond donors (Lipinski definition) is 3. The van der Waals surface area contributed by atoms with Crippen LogP contribution in [0.3, 0.4) is 0 Å². The smallest absolute Gasteiger partial charge is 0.227 e. The Bertz CT molecular complexity index is 630. The number of nitrogens with one attached hydrogen (secondary N) is 2. The summed E-state index contributed by atoms with van der Waals surface area (Å²) in [5.74, 6) is -0.314. The third-order valence-corrected chi connectivity index (χ3v) is 3.48. The maximum atomic E-state index is 12.0. The summed E-state index contributed by atoms with van der Waals surface area (Å²) in [4.78, 5) is 12.0. The molecular weight excluding hydrogens is 313 g/mol. The predicted octanol–water partition coefficient (Wildman–Crippen LogP) is 3.40. The van der Waals surface area contributed by atoms with Crippen LogP contribution in [0.4, 0.5) is 5.69 Å². The van der Waals surface area contributed by atoms with Gasteiger partial charge < -0.3 is 10.4 Å². The van der Waals surface area contributed by atoms with Crippen LogP contribution in [0.2, 0.25) is 10.0 Å². The molecule has 2 rings (SSSR count). The molecule has 0 saturated carbocycles. The minimum Gasteiger partial charge on any atom is -0.388 e. The van der Waals surface area contributed by atoms with Crippen molar-refractivity contribution in [3.8, 4) is 0 Å². The molecule has 0 saturated heterocycles. The summed E-state index contributed by atoms with van der Waals surface area (Å²) in [7, 11) is 0. The highest BCUT2D eigenvalue weighted by molar-refractivity contribution is 6.34. The number of aliphatic hydroxyl groups excluding tert-OH is 1. The summed E-state index contributed by atoms with van der Waals surface area (Å²) in [5, 5.41) is 20.4. The summed E-state index contributed by atoms with van der Waals surface area (Å²) in [6, 6.07) is 4.73. The van der Waals surface area contributed by atoms with Gasteiger partial charge in [0.05, 0.1) is 29.6 Å². The lowest BCUT2D eigenvalue weighted by Crippen LogP contribution is -2.16. The molecule has 1 aromatic carbocycles. The number of H-pyrrole nitrogens is 1. The maximum absolute atomic E-state index is 12.0. The van der Waals surface area contributed by atoms with Gasteiger partial charge in [0.1, 0.15) is 0 Å². The zero-order chi connectivity index (χ0) is 15.6. The Balaban J connectivity index is 2.05. The van der Waals surface area contributed by atoms with Crippen molar-refractivity contribution in [2.75, 3.05) is 5.32 Å². The molecule has 0 aliphatic heterocycles. The molecule has 3 N–H and O–H groups in total. The zero-order valence-corrected chi connectivity index (χ0v) is 13.1. The molecule has 112 valence electrons. The second-order valence-corrected chi connectivity index (χ2v) is 5.65. The van der Waals surface area contributed by atoms with E-state index in [0.29, 0.717) is 27.0 Å². The van der Waals surface area contributed by atoms with E-state index in [-0.39, 0.29) is 12.3 Å². The van der Waals surface area contributed by atoms with Crippen LogP contribution in [0.5, 0.6) is 0 Å². The van der Waals surface area contributed by atoms with E-state index in [0.717, 1.165) is 5.69 Å². The van der Waals surface area contributed by atoms with Crippen molar-refractivity contribution in [2.45, 2.75) is 26.4 Å². The molecule has 1 atom stereocenters. The number of halogens is 2. The van der Waals surface area contributed by atoms with Gasteiger partial charge in [-0.1, -0.05) is 23.2 Å². The summed E-state index contributed by atoms with van der Waals surface area (Å²) in [6.45, 7) is 3.59. The minimum absolute atomic E-state index is 0.0965. The first kappa shape index (κ1) is 15.8. The first-order chi connectivity index (χ1) is 9.86. The topological polar surface area (TPSA) is 78.0 Å². The summed E-state index contributed by atoms with van der Waals surface area (Å²) < 4.78 is 0. The van der Waals surface area contributed by atoms with Gasteiger partial charge in [-0.05, 0) is 37.6 Å². The Kier molecular flexibility index (Phi) is 4.88. The Morgan fingerprint density at radius 3 is 2.48 bits per heavy atom. The fraction of sp³-hybridized carbons (Fsp3) is 0.286. The number of aliphatic hydroxyl groups is 1. The Hall–Kier alpha value is -1.56. The fourth-order valence-corrected chi connectivity index (χ4v) is 2.53. The lowest BCUT2D eigenvalue weighted by Gasteiger charge is -2.12. The standard InChI is InChI=1S/C14H15Cl2N3O2/c1-7-14(8(2)19-18-7)17-13(21)6-12(20)9-3-10(15)5-11(16)4-9/h3-5,12,20H,6H2,1-2H3,(H,17,21)(H,18,19). The van der Waals surface area contributed by atoms with E-state index >= 15 is 0 Å². The molecule has 0 aliphatic carbocycles. The average molecular weight is 328 g/mol. The number of anilines is 1. The Morgan fingerprint density at radius 2 is 1.95 bits per heavy atom. The normalized spacial score (nSPS) is 12.2. The fourth-order valence-electron chi connectivity index (χ4n) is 1.99. The first-order valence-corrected chi connectivity index (χ1v) is 7.08. The molecule has 1 unspecified atom stereocenters. The molecular formula is C14H15Cl2N3O2. The van der Waals surface area contributed by atoms with Gasteiger partial charge in [0.25, 0.3) is 0 Å². The third-order valence-electron chi connectivity index (χ3n) is 3.04. The van der Waals surface area contributed by atoms with Gasteiger partial charge >= 0.3 is 0 Å². The molecule has 1 aromatic heterocycles. The second-order valence-electron chi connectivity index (χ2n) is 4.78. The molecule has 1 amide bonds. The van der Waals surface area contributed by atoms with Gasteiger partial charge in [0.15, 0.2) is 0 Å². The van der Waals surface area contributed by atoms with Crippen LogP contribution in [-0.4, -0.2) is 21.2 Å². The highest BCUT2D eigenvalue weighted by Crippen LogP contribution is 2.26. The molecule has 1 heterocycles. The third kappa shape index (κ3) is 3.97. The van der Waals surface area contributed by atoms with Crippen molar-refractivity contribution in [2.24, 2.45) is 0 Å². The number of aromatic amines is 1. The van der Waals surface area contributed by atoms with Crippen molar-refractivity contribution in [1.82, 2.24) is 10.2 Å². The number of rotatable bonds is 4. The number of aromatic nitrogens is 2. The van der Waals surface area contributed by atoms with Crippen molar-refractivity contribution >= 4 is 34.8 Å². The molecule has 21 heavy (non-hydrogen) atoms. The van der Waals surface area contributed by atoms with E-state index in [1.807, 2.05) is 6.92 Å². The average Bonchev–Trinajstić information content (AvgIpc) is 2.69. The predicted molar refractivity (Wildman–Crippen MR) is 82.7 cm³/mol. The van der Waals surface area contributed by atoms with Gasteiger partial charge in [-0.25, -0.2) is 0 Å². The summed E-state index contributed by atoms with van der Waals surface area (Å²) in [5.41, 5.74) is 2.60. The number of carbonyl (C=O) groups excluding carboxylic acids is 1. The molecule has 0 aliphatic rings. The second kappa shape index (κ2) is 6.47. The van der Waals surface area contributed by atoms with Crippen molar-refractivity contribution in [1.29, 1.82) is 0 Å². The van der Waals surface area contributed by atoms with Crippen LogP contribution in [-0.2, 0) is 4.79 Å². The molecule has 5 nitrogen and oxygen atoms in total. The van der Waals surface area contributed by atoms with Crippen LogP contribution in [0.1, 0.15) is 29.5 Å². The van der Waals surface area contributed by atoms with Crippen molar-refractivity contribution in [3.05, 3.63) is 45.2 Å². The molecule has 0 spiro atoms. The van der Waals surface area contributed by atoms with E-state index in [1.54, 1.807) is 25.1 Å². The van der Waals surface area contributed by atoms with Crippen molar-refractivity contribution < 1.29 is 9.90 Å². The first-order valence-electron chi connectivity index (χ1n) is 6.32. The molecule has 0 radical (unpaired) electrons. The van der Waals surface area contributed by atoms with E-state index in [9.17, 15) is 9.90 Å². The van der Waals surface area contributed by atoms with Gasteiger partial charge in [-0.3, -0.25) is 9.89 Å². The zero-order valence-electron chi connectivity index (χ0n) is 11.6. The lowest BCUT2D eigenvalue weighted by molar-refractivity contribution is -0.118. The van der Waals surface area contributed by atoms with Crippen LogP contribution in [0.25, 0.3) is 0 Å². The minimum atomic E-state index is -0.978. The van der Waals surface area contributed by atoms with Crippen LogP contribution in [0.15, 0.2) is 18.2 Å². The summed E-state index contributed by atoms with van der Waals surface area (Å²) >= 11 is 11.8. The van der Waals surface area contributed by atoms with E-state index in [2.05, 4.69) is 15.5 Å². The monoisotopic (exact) mass is 327 g/mol. The van der Waals surface area contributed by atoms with Crippen molar-refractivity contribution in [3.63, 3.8) is 0 Å². The van der Waals surface area contributed by atoms with Crippen LogP contribution >= 0.6 is 23.2 Å². The number of aryl methyl sites for hydroxylation is 2. The Labute approximate surface area is 132 Å². The lowest BCUT2D eigenvalue weighted by atomic mass is 10.1. The molecule has 0 bridgehead atoms.